The maximum atomic E-state index is 11.1. The standard InChI is InChI=1S/C11H6BrCl2NO2/c12-6-1-2-9(8(14)3-6)15-5-7(13)4-10(15)11(16)17/h1-5H,(H,16,17). The van der Waals surface area contributed by atoms with Gasteiger partial charge in [-0.2, -0.15) is 0 Å². The zero-order chi connectivity index (χ0) is 12.6. The van der Waals surface area contributed by atoms with Gasteiger partial charge in [0.25, 0.3) is 0 Å². The molecule has 0 unspecified atom stereocenters. The number of benzene rings is 1. The van der Waals surface area contributed by atoms with Crippen molar-refractivity contribution in [2.45, 2.75) is 0 Å². The lowest BCUT2D eigenvalue weighted by atomic mass is 10.3. The van der Waals surface area contributed by atoms with Gasteiger partial charge in [-0.25, -0.2) is 4.79 Å². The van der Waals surface area contributed by atoms with Crippen LogP contribution in [0, 0.1) is 0 Å². The molecule has 1 N–H and O–H groups in total. The van der Waals surface area contributed by atoms with E-state index in [0.29, 0.717) is 15.7 Å². The second kappa shape index (κ2) is 4.72. The van der Waals surface area contributed by atoms with E-state index in [0.717, 1.165) is 4.47 Å². The Morgan fingerprint density at radius 1 is 1.29 bits per heavy atom. The molecule has 0 fully saturated rings. The van der Waals surface area contributed by atoms with E-state index >= 15 is 0 Å². The summed E-state index contributed by atoms with van der Waals surface area (Å²) in [4.78, 5) is 11.1. The van der Waals surface area contributed by atoms with Gasteiger partial charge in [0.1, 0.15) is 5.69 Å². The molecule has 1 heterocycles. The Hall–Kier alpha value is -0.970. The molecule has 2 rings (SSSR count). The van der Waals surface area contributed by atoms with Crippen molar-refractivity contribution < 1.29 is 9.90 Å². The minimum Gasteiger partial charge on any atom is -0.477 e. The second-order valence-corrected chi connectivity index (χ2v) is 5.07. The van der Waals surface area contributed by atoms with Gasteiger partial charge in [0.05, 0.1) is 15.7 Å². The highest BCUT2D eigenvalue weighted by Crippen LogP contribution is 2.27. The molecule has 0 aliphatic heterocycles. The first-order valence-electron chi connectivity index (χ1n) is 4.55. The average molecular weight is 335 g/mol. The Morgan fingerprint density at radius 2 is 2.00 bits per heavy atom. The molecular weight excluding hydrogens is 329 g/mol. The lowest BCUT2D eigenvalue weighted by molar-refractivity contribution is 0.0688. The van der Waals surface area contributed by atoms with Crippen LogP contribution in [0.5, 0.6) is 0 Å². The zero-order valence-electron chi connectivity index (χ0n) is 8.32. The number of hydrogen-bond acceptors (Lipinski definition) is 1. The largest absolute Gasteiger partial charge is 0.477 e. The summed E-state index contributed by atoms with van der Waals surface area (Å²) in [6.07, 6.45) is 1.51. The van der Waals surface area contributed by atoms with Crippen molar-refractivity contribution >= 4 is 45.1 Å². The topological polar surface area (TPSA) is 42.2 Å². The number of halogens is 3. The number of carboxylic acids is 1. The van der Waals surface area contributed by atoms with Crippen LogP contribution in [-0.4, -0.2) is 15.6 Å². The second-order valence-electron chi connectivity index (χ2n) is 3.31. The Balaban J connectivity index is 2.63. The molecule has 6 heteroatoms. The van der Waals surface area contributed by atoms with Gasteiger partial charge < -0.3 is 9.67 Å². The lowest BCUT2D eigenvalue weighted by Crippen LogP contribution is -2.05. The lowest BCUT2D eigenvalue weighted by Gasteiger charge is -2.08. The number of rotatable bonds is 2. The highest BCUT2D eigenvalue weighted by molar-refractivity contribution is 9.10. The molecule has 2 aromatic rings. The molecule has 0 atom stereocenters. The van der Waals surface area contributed by atoms with E-state index < -0.39 is 5.97 Å². The molecule has 0 spiro atoms. The summed E-state index contributed by atoms with van der Waals surface area (Å²) in [5.41, 5.74) is 0.637. The van der Waals surface area contributed by atoms with Crippen LogP contribution < -0.4 is 0 Å². The Bertz CT molecular complexity index is 595. The van der Waals surface area contributed by atoms with Crippen molar-refractivity contribution in [3.63, 3.8) is 0 Å². The third-order valence-corrected chi connectivity index (χ3v) is 3.18. The van der Waals surface area contributed by atoms with Crippen molar-refractivity contribution in [1.29, 1.82) is 0 Å². The average Bonchev–Trinajstić information content (AvgIpc) is 2.60. The fourth-order valence-electron chi connectivity index (χ4n) is 1.47. The van der Waals surface area contributed by atoms with E-state index in [4.69, 9.17) is 28.3 Å². The maximum Gasteiger partial charge on any atom is 0.352 e. The normalized spacial score (nSPS) is 10.5. The molecule has 0 saturated heterocycles. The third-order valence-electron chi connectivity index (χ3n) is 2.17. The first-order valence-corrected chi connectivity index (χ1v) is 6.10. The molecule has 0 amide bonds. The van der Waals surface area contributed by atoms with Gasteiger partial charge in [0, 0.05) is 10.7 Å². The summed E-state index contributed by atoms with van der Waals surface area (Å²) >= 11 is 15.2. The van der Waals surface area contributed by atoms with Crippen LogP contribution in [0.2, 0.25) is 10.0 Å². The van der Waals surface area contributed by atoms with Gasteiger partial charge in [-0.1, -0.05) is 39.1 Å². The van der Waals surface area contributed by atoms with Crippen LogP contribution >= 0.6 is 39.1 Å². The summed E-state index contributed by atoms with van der Waals surface area (Å²) in [6, 6.07) is 6.56. The van der Waals surface area contributed by atoms with E-state index in [-0.39, 0.29) is 5.69 Å². The van der Waals surface area contributed by atoms with Crippen molar-refractivity contribution in [2.24, 2.45) is 0 Å². The fraction of sp³-hybridized carbons (Fsp3) is 0. The monoisotopic (exact) mass is 333 g/mol. The number of aromatic nitrogens is 1. The predicted molar refractivity (Wildman–Crippen MR) is 70.4 cm³/mol. The van der Waals surface area contributed by atoms with Crippen LogP contribution in [0.4, 0.5) is 0 Å². The molecular formula is C11H6BrCl2NO2. The number of carboxylic acid groups (broad SMARTS) is 1. The van der Waals surface area contributed by atoms with Gasteiger partial charge in [-0.15, -0.1) is 0 Å². The van der Waals surface area contributed by atoms with Crippen molar-refractivity contribution in [1.82, 2.24) is 4.57 Å². The number of hydrogen-bond donors (Lipinski definition) is 1. The minimum absolute atomic E-state index is 0.0687. The molecule has 1 aromatic carbocycles. The molecule has 0 aliphatic carbocycles. The van der Waals surface area contributed by atoms with E-state index in [1.807, 2.05) is 0 Å². The van der Waals surface area contributed by atoms with Crippen LogP contribution in [-0.2, 0) is 0 Å². The molecule has 0 saturated carbocycles. The first kappa shape index (κ1) is 12.5. The van der Waals surface area contributed by atoms with Crippen LogP contribution in [0.15, 0.2) is 34.9 Å². The maximum absolute atomic E-state index is 11.1. The summed E-state index contributed by atoms with van der Waals surface area (Å²) in [5, 5.41) is 9.84. The van der Waals surface area contributed by atoms with Gasteiger partial charge in [0.2, 0.25) is 0 Å². The number of nitrogens with zero attached hydrogens (tertiary/aromatic N) is 1. The molecule has 1 aromatic heterocycles. The van der Waals surface area contributed by atoms with E-state index in [9.17, 15) is 4.79 Å². The zero-order valence-corrected chi connectivity index (χ0v) is 11.4. The fourth-order valence-corrected chi connectivity index (χ4v) is 2.44. The van der Waals surface area contributed by atoms with E-state index in [2.05, 4.69) is 15.9 Å². The predicted octanol–water partition coefficient (Wildman–Crippen LogP) is 4.24. The van der Waals surface area contributed by atoms with Crippen molar-refractivity contribution in [2.75, 3.05) is 0 Å². The number of carbonyl (C=O) groups is 1. The first-order chi connectivity index (χ1) is 7.99. The SMILES string of the molecule is O=C(O)c1cc(Cl)cn1-c1ccc(Br)cc1Cl. The summed E-state index contributed by atoms with van der Waals surface area (Å²) in [7, 11) is 0. The Morgan fingerprint density at radius 3 is 2.59 bits per heavy atom. The molecule has 3 nitrogen and oxygen atoms in total. The third kappa shape index (κ3) is 2.49. The molecule has 0 aliphatic rings. The smallest absolute Gasteiger partial charge is 0.352 e. The van der Waals surface area contributed by atoms with Gasteiger partial charge in [0.15, 0.2) is 0 Å². The van der Waals surface area contributed by atoms with Gasteiger partial charge in [-0.05, 0) is 24.3 Å². The van der Waals surface area contributed by atoms with Crippen molar-refractivity contribution in [3.8, 4) is 5.69 Å². The highest BCUT2D eigenvalue weighted by atomic mass is 79.9. The summed E-state index contributed by atoms with van der Waals surface area (Å²) in [5.74, 6) is -1.06. The van der Waals surface area contributed by atoms with Crippen LogP contribution in [0.3, 0.4) is 0 Å². The highest BCUT2D eigenvalue weighted by Gasteiger charge is 2.15. The van der Waals surface area contributed by atoms with Gasteiger partial charge in [-0.3, -0.25) is 0 Å². The molecule has 17 heavy (non-hydrogen) atoms. The van der Waals surface area contributed by atoms with Crippen molar-refractivity contribution in [3.05, 3.63) is 50.7 Å². The van der Waals surface area contributed by atoms with E-state index in [1.54, 1.807) is 18.2 Å². The molecule has 88 valence electrons. The van der Waals surface area contributed by atoms with Crippen LogP contribution in [0.25, 0.3) is 5.69 Å². The molecule has 0 radical (unpaired) electrons. The minimum atomic E-state index is -1.06. The summed E-state index contributed by atoms with van der Waals surface area (Å²) in [6.45, 7) is 0. The summed E-state index contributed by atoms with van der Waals surface area (Å²) < 4.78 is 2.26. The quantitative estimate of drug-likeness (QED) is 0.892. The van der Waals surface area contributed by atoms with E-state index in [1.165, 1.54) is 16.8 Å². The number of aromatic carboxylic acids is 1. The van der Waals surface area contributed by atoms with Crippen LogP contribution in [0.1, 0.15) is 10.5 Å². The Labute approximate surface area is 116 Å². The Kier molecular flexibility index (Phi) is 3.47. The van der Waals surface area contributed by atoms with Gasteiger partial charge >= 0.3 is 5.97 Å². The molecule has 0 bridgehead atoms.